The minimum Gasteiger partial charge on any atom is -0.308 e. The van der Waals surface area contributed by atoms with E-state index in [9.17, 15) is 0 Å². The lowest BCUT2D eigenvalue weighted by Crippen LogP contribution is -2.38. The zero-order valence-corrected chi connectivity index (χ0v) is 13.6. The maximum atomic E-state index is 3.59. The summed E-state index contributed by atoms with van der Waals surface area (Å²) in [5, 5.41) is 3.59. The minimum atomic E-state index is 0.538. The molecule has 0 fully saturated rings. The first-order valence-electron chi connectivity index (χ1n) is 6.27. The molecule has 0 aromatic carbocycles. The van der Waals surface area contributed by atoms with Crippen LogP contribution in [-0.4, -0.2) is 30.6 Å². The van der Waals surface area contributed by atoms with Crippen LogP contribution < -0.4 is 5.32 Å². The van der Waals surface area contributed by atoms with Gasteiger partial charge in [-0.15, -0.1) is 11.3 Å². The van der Waals surface area contributed by atoms with Crippen LogP contribution in [0.3, 0.4) is 0 Å². The smallest absolute Gasteiger partial charge is 0.0730 e. The molecule has 1 heterocycles. The molecule has 0 bridgehead atoms. The normalized spacial score (nSPS) is 13.3. The summed E-state index contributed by atoms with van der Waals surface area (Å²) in [5.41, 5.74) is 1.34. The van der Waals surface area contributed by atoms with Gasteiger partial charge in [0.15, 0.2) is 0 Å². The molecule has 1 N–H and O–H groups in total. The lowest BCUT2D eigenvalue weighted by molar-refractivity contribution is 0.271. The van der Waals surface area contributed by atoms with Crippen molar-refractivity contribution in [1.29, 1.82) is 0 Å². The lowest BCUT2D eigenvalue weighted by Gasteiger charge is -2.23. The van der Waals surface area contributed by atoms with Crippen molar-refractivity contribution in [2.24, 2.45) is 0 Å². The zero-order chi connectivity index (χ0) is 12.8. The van der Waals surface area contributed by atoms with Crippen molar-refractivity contribution in [1.82, 2.24) is 10.2 Å². The number of likely N-dealkylation sites (N-methyl/N-ethyl adjacent to an activating group) is 1. The molecule has 0 aliphatic rings. The van der Waals surface area contributed by atoms with Crippen molar-refractivity contribution < 1.29 is 0 Å². The van der Waals surface area contributed by atoms with Gasteiger partial charge in [0.05, 0.1) is 3.79 Å². The Morgan fingerprint density at radius 2 is 2.06 bits per heavy atom. The van der Waals surface area contributed by atoms with Gasteiger partial charge in [-0.05, 0) is 54.5 Å². The van der Waals surface area contributed by atoms with Crippen LogP contribution in [0.25, 0.3) is 0 Å². The first-order valence-corrected chi connectivity index (χ1v) is 7.88. The number of rotatable bonds is 7. The first kappa shape index (κ1) is 15.2. The van der Waals surface area contributed by atoms with Crippen LogP contribution in [0.1, 0.15) is 31.2 Å². The van der Waals surface area contributed by atoms with Crippen LogP contribution >= 0.6 is 27.3 Å². The maximum Gasteiger partial charge on any atom is 0.0730 e. The van der Waals surface area contributed by atoms with E-state index in [1.807, 2.05) is 11.3 Å². The van der Waals surface area contributed by atoms with E-state index in [1.54, 1.807) is 0 Å². The monoisotopic (exact) mass is 318 g/mol. The highest BCUT2D eigenvalue weighted by Gasteiger charge is 2.08. The maximum absolute atomic E-state index is 3.59. The Kier molecular flexibility index (Phi) is 6.70. The van der Waals surface area contributed by atoms with Crippen LogP contribution in [0.4, 0.5) is 0 Å². The van der Waals surface area contributed by atoms with Crippen molar-refractivity contribution in [2.45, 2.75) is 40.3 Å². The number of aryl methyl sites for hydroxylation is 1. The van der Waals surface area contributed by atoms with Gasteiger partial charge in [-0.25, -0.2) is 0 Å². The van der Waals surface area contributed by atoms with Gasteiger partial charge in [0.2, 0.25) is 0 Å². The van der Waals surface area contributed by atoms with Gasteiger partial charge in [0, 0.05) is 24.0 Å². The van der Waals surface area contributed by atoms with Crippen LogP contribution in [0.5, 0.6) is 0 Å². The summed E-state index contributed by atoms with van der Waals surface area (Å²) < 4.78 is 1.26. The number of nitrogens with zero attached hydrogens (tertiary/aromatic N) is 1. The van der Waals surface area contributed by atoms with E-state index in [0.29, 0.717) is 6.04 Å². The fraction of sp³-hybridized carbons (Fsp3) is 0.692. The Bertz CT molecular complexity index is 315. The van der Waals surface area contributed by atoms with Gasteiger partial charge in [-0.1, -0.05) is 13.8 Å². The SMILES string of the molecule is CCN(CC)CC(C)NCc1cc(C)c(Br)s1. The summed E-state index contributed by atoms with van der Waals surface area (Å²) in [6.07, 6.45) is 0. The van der Waals surface area contributed by atoms with Crippen molar-refractivity contribution in [3.05, 3.63) is 20.3 Å². The molecule has 0 saturated carbocycles. The van der Waals surface area contributed by atoms with E-state index in [4.69, 9.17) is 0 Å². The summed E-state index contributed by atoms with van der Waals surface area (Å²) in [6.45, 7) is 13.2. The molecule has 0 amide bonds. The van der Waals surface area contributed by atoms with Crippen LogP contribution in [0.2, 0.25) is 0 Å². The van der Waals surface area contributed by atoms with Gasteiger partial charge in [-0.3, -0.25) is 0 Å². The number of hydrogen-bond acceptors (Lipinski definition) is 3. The predicted octanol–water partition coefficient (Wildman–Crippen LogP) is 3.64. The Morgan fingerprint density at radius 3 is 2.53 bits per heavy atom. The second-order valence-corrected chi connectivity index (χ2v) is 6.89. The number of nitrogens with one attached hydrogen (secondary N) is 1. The number of hydrogen-bond donors (Lipinski definition) is 1. The molecule has 1 aromatic heterocycles. The molecule has 1 unspecified atom stereocenters. The second-order valence-electron chi connectivity index (χ2n) is 4.44. The van der Waals surface area contributed by atoms with Crippen LogP contribution in [-0.2, 0) is 6.54 Å². The fourth-order valence-electron chi connectivity index (χ4n) is 1.82. The van der Waals surface area contributed by atoms with Crippen LogP contribution in [0, 0.1) is 6.92 Å². The molecule has 0 spiro atoms. The Morgan fingerprint density at radius 1 is 1.41 bits per heavy atom. The molecule has 1 rings (SSSR count). The topological polar surface area (TPSA) is 15.3 Å². The van der Waals surface area contributed by atoms with Gasteiger partial charge in [-0.2, -0.15) is 0 Å². The standard InChI is InChI=1S/C13H23BrN2S/c1-5-16(6-2)9-11(4)15-8-12-7-10(3)13(14)17-12/h7,11,15H,5-6,8-9H2,1-4H3. The molecule has 4 heteroatoms. The summed E-state index contributed by atoms with van der Waals surface area (Å²) in [6, 6.07) is 2.79. The molecule has 1 atom stereocenters. The first-order chi connectivity index (χ1) is 8.06. The van der Waals surface area contributed by atoms with Crippen molar-refractivity contribution in [3.63, 3.8) is 0 Å². The molecule has 0 radical (unpaired) electrons. The van der Waals surface area contributed by atoms with Crippen LogP contribution in [0.15, 0.2) is 9.85 Å². The molecule has 1 aromatic rings. The van der Waals surface area contributed by atoms with Gasteiger partial charge in [0.1, 0.15) is 0 Å². The molecule has 0 saturated heterocycles. The third-order valence-corrected chi connectivity index (χ3v) is 5.10. The van der Waals surface area contributed by atoms with E-state index >= 15 is 0 Å². The summed E-state index contributed by atoms with van der Waals surface area (Å²) in [4.78, 5) is 3.86. The Labute approximate surface area is 118 Å². The summed E-state index contributed by atoms with van der Waals surface area (Å²) in [7, 11) is 0. The Hall–Kier alpha value is 0.1000. The fourth-order valence-corrected chi connectivity index (χ4v) is 3.40. The zero-order valence-electron chi connectivity index (χ0n) is 11.2. The second kappa shape index (κ2) is 7.52. The van der Waals surface area contributed by atoms with Gasteiger partial charge >= 0.3 is 0 Å². The van der Waals surface area contributed by atoms with E-state index in [2.05, 4.69) is 59.9 Å². The molecule has 98 valence electrons. The van der Waals surface area contributed by atoms with Crippen molar-refractivity contribution >= 4 is 27.3 Å². The van der Waals surface area contributed by atoms with E-state index in [1.165, 1.54) is 14.2 Å². The number of thiophene rings is 1. The third kappa shape index (κ3) is 5.08. The summed E-state index contributed by atoms with van der Waals surface area (Å²) >= 11 is 5.40. The predicted molar refractivity (Wildman–Crippen MR) is 80.8 cm³/mol. The molecule has 17 heavy (non-hydrogen) atoms. The average molecular weight is 319 g/mol. The van der Waals surface area contributed by atoms with Gasteiger partial charge < -0.3 is 10.2 Å². The van der Waals surface area contributed by atoms with E-state index in [0.717, 1.165) is 26.2 Å². The molecule has 0 aliphatic carbocycles. The van der Waals surface area contributed by atoms with E-state index in [-0.39, 0.29) is 0 Å². The lowest BCUT2D eigenvalue weighted by atomic mass is 10.3. The Balaban J connectivity index is 2.35. The van der Waals surface area contributed by atoms with Gasteiger partial charge in [0.25, 0.3) is 0 Å². The quantitative estimate of drug-likeness (QED) is 0.825. The highest BCUT2D eigenvalue weighted by molar-refractivity contribution is 9.11. The molecular weight excluding hydrogens is 296 g/mol. The average Bonchev–Trinajstić information content (AvgIpc) is 2.63. The molecule has 0 aliphatic heterocycles. The number of halogens is 1. The third-order valence-electron chi connectivity index (χ3n) is 2.96. The highest BCUT2D eigenvalue weighted by Crippen LogP contribution is 2.27. The highest BCUT2D eigenvalue weighted by atomic mass is 79.9. The molecular formula is C13H23BrN2S. The largest absolute Gasteiger partial charge is 0.308 e. The van der Waals surface area contributed by atoms with E-state index < -0.39 is 0 Å². The van der Waals surface area contributed by atoms with Crippen molar-refractivity contribution in [3.8, 4) is 0 Å². The molecule has 2 nitrogen and oxygen atoms in total. The summed E-state index contributed by atoms with van der Waals surface area (Å²) in [5.74, 6) is 0. The van der Waals surface area contributed by atoms with Crippen molar-refractivity contribution in [2.75, 3.05) is 19.6 Å². The minimum absolute atomic E-state index is 0.538.